The number of carbonyl (C=O) groups is 3. The van der Waals surface area contributed by atoms with Crippen LogP contribution in [0.5, 0.6) is 0 Å². The maximum Gasteiger partial charge on any atom is 0.306 e. The largest absolute Gasteiger partial charge is 0.462 e. The van der Waals surface area contributed by atoms with Crippen molar-refractivity contribution < 1.29 is 28.6 Å². The summed E-state index contributed by atoms with van der Waals surface area (Å²) in [4.78, 5) is 38.2. The van der Waals surface area contributed by atoms with Gasteiger partial charge in [0.15, 0.2) is 6.10 Å². The molecule has 0 N–H and O–H groups in total. The molecule has 0 saturated heterocycles. The predicted molar refractivity (Wildman–Crippen MR) is 298 cm³/mol. The fourth-order valence-electron chi connectivity index (χ4n) is 9.76. The number of unbranched alkanes of at least 4 members (excludes halogenated alkanes) is 42. The summed E-state index contributed by atoms with van der Waals surface area (Å²) in [5.41, 5.74) is 0. The first kappa shape index (κ1) is 67.4. The number of esters is 3. The molecule has 69 heavy (non-hydrogen) atoms. The summed E-state index contributed by atoms with van der Waals surface area (Å²) in [6.45, 7) is 11.4. The Hall–Kier alpha value is -1.59. The van der Waals surface area contributed by atoms with Gasteiger partial charge in [-0.3, -0.25) is 14.4 Å². The Labute approximate surface area is 431 Å². The minimum Gasteiger partial charge on any atom is -0.462 e. The summed E-state index contributed by atoms with van der Waals surface area (Å²) in [5, 5.41) is 0. The van der Waals surface area contributed by atoms with E-state index < -0.39 is 6.10 Å². The van der Waals surface area contributed by atoms with Gasteiger partial charge < -0.3 is 14.2 Å². The zero-order valence-electron chi connectivity index (χ0n) is 47.5. The summed E-state index contributed by atoms with van der Waals surface area (Å²) < 4.78 is 16.9. The van der Waals surface area contributed by atoms with Gasteiger partial charge in [0.05, 0.1) is 0 Å². The summed E-state index contributed by atoms with van der Waals surface area (Å²) >= 11 is 0. The van der Waals surface area contributed by atoms with Gasteiger partial charge in [-0.2, -0.15) is 0 Å². The molecular weight excluding hydrogens is 853 g/mol. The van der Waals surface area contributed by atoms with Crippen LogP contribution in [0.3, 0.4) is 0 Å². The highest BCUT2D eigenvalue weighted by Gasteiger charge is 2.19. The lowest BCUT2D eigenvalue weighted by atomic mass is 10.0. The van der Waals surface area contributed by atoms with Crippen LogP contribution in [-0.2, 0) is 28.6 Å². The SMILES string of the molecule is CCCCCCCCCCCCCCCCCCC(=O)OC[C@@H](COC(=O)CCCCCCCCCCCCCCCCCCCCC(C)C)OC(=O)CCCCCCCCCCCCCC(C)C. The van der Waals surface area contributed by atoms with Gasteiger partial charge in [-0.05, 0) is 31.1 Å². The maximum atomic E-state index is 12.9. The van der Waals surface area contributed by atoms with E-state index in [0.29, 0.717) is 19.3 Å². The van der Waals surface area contributed by atoms with E-state index in [9.17, 15) is 14.4 Å². The van der Waals surface area contributed by atoms with Crippen molar-refractivity contribution in [3.8, 4) is 0 Å². The molecule has 0 aromatic rings. The number of rotatable bonds is 57. The molecule has 6 nitrogen and oxygen atoms in total. The zero-order valence-corrected chi connectivity index (χ0v) is 47.5. The topological polar surface area (TPSA) is 78.9 Å². The van der Waals surface area contributed by atoms with Gasteiger partial charge in [0.25, 0.3) is 0 Å². The van der Waals surface area contributed by atoms with Crippen molar-refractivity contribution in [2.24, 2.45) is 11.8 Å². The molecule has 0 aliphatic heterocycles. The molecule has 0 bridgehead atoms. The fraction of sp³-hybridized carbons (Fsp3) is 0.952. The average Bonchev–Trinajstić information content (AvgIpc) is 3.32. The van der Waals surface area contributed by atoms with Crippen molar-refractivity contribution >= 4 is 17.9 Å². The Morgan fingerprint density at radius 3 is 0.710 bits per heavy atom. The number of hydrogen-bond acceptors (Lipinski definition) is 6. The number of ether oxygens (including phenoxy) is 3. The molecule has 0 aliphatic carbocycles. The molecular formula is C63H122O6. The molecule has 1 atom stereocenters. The van der Waals surface area contributed by atoms with Crippen molar-refractivity contribution in [2.45, 2.75) is 362 Å². The van der Waals surface area contributed by atoms with Gasteiger partial charge >= 0.3 is 17.9 Å². The molecule has 0 heterocycles. The molecule has 0 aromatic carbocycles. The summed E-state index contributed by atoms with van der Waals surface area (Å²) in [6, 6.07) is 0. The van der Waals surface area contributed by atoms with Crippen LogP contribution < -0.4 is 0 Å². The van der Waals surface area contributed by atoms with Crippen LogP contribution in [-0.4, -0.2) is 37.2 Å². The Bertz CT molecular complexity index is 1060. The van der Waals surface area contributed by atoms with Crippen LogP contribution in [0.2, 0.25) is 0 Å². The van der Waals surface area contributed by atoms with E-state index in [-0.39, 0.29) is 31.1 Å². The van der Waals surface area contributed by atoms with E-state index >= 15 is 0 Å². The molecule has 0 radical (unpaired) electrons. The molecule has 410 valence electrons. The predicted octanol–water partition coefficient (Wildman–Crippen LogP) is 20.8. The molecule has 0 unspecified atom stereocenters. The first-order chi connectivity index (χ1) is 33.7. The number of hydrogen-bond donors (Lipinski definition) is 0. The highest BCUT2D eigenvalue weighted by Crippen LogP contribution is 2.19. The second kappa shape index (κ2) is 55.7. The summed E-state index contributed by atoms with van der Waals surface area (Å²) in [7, 11) is 0. The Morgan fingerprint density at radius 2 is 0.478 bits per heavy atom. The zero-order chi connectivity index (χ0) is 50.4. The molecule has 0 saturated carbocycles. The van der Waals surface area contributed by atoms with Gasteiger partial charge in [-0.15, -0.1) is 0 Å². The lowest BCUT2D eigenvalue weighted by molar-refractivity contribution is -0.167. The molecule has 0 aliphatic rings. The van der Waals surface area contributed by atoms with E-state index in [0.717, 1.165) is 69.6 Å². The van der Waals surface area contributed by atoms with Gasteiger partial charge in [0, 0.05) is 19.3 Å². The second-order valence-electron chi connectivity index (χ2n) is 22.6. The Kier molecular flexibility index (Phi) is 54.4. The normalized spacial score (nSPS) is 12.0. The van der Waals surface area contributed by atoms with Gasteiger partial charge in [0.2, 0.25) is 0 Å². The van der Waals surface area contributed by atoms with Gasteiger partial charge in [0.1, 0.15) is 13.2 Å². The van der Waals surface area contributed by atoms with E-state index in [1.165, 1.54) is 244 Å². The minimum absolute atomic E-state index is 0.0622. The van der Waals surface area contributed by atoms with Gasteiger partial charge in [-0.1, -0.05) is 317 Å². The maximum absolute atomic E-state index is 12.9. The van der Waals surface area contributed by atoms with Crippen molar-refractivity contribution in [1.29, 1.82) is 0 Å². The summed E-state index contributed by atoms with van der Waals surface area (Å²) in [6.07, 6.45) is 61.0. The van der Waals surface area contributed by atoms with Crippen molar-refractivity contribution in [1.82, 2.24) is 0 Å². The van der Waals surface area contributed by atoms with E-state index in [1.807, 2.05) is 0 Å². The standard InChI is InChI=1S/C63H122O6/c1-6-7-8-9-10-11-12-13-14-20-23-28-33-38-43-48-53-61(64)67-56-60(69-63(66)55-50-45-40-35-30-25-27-32-37-42-47-52-59(4)5)57-68-62(65)54-49-44-39-34-29-24-21-18-16-15-17-19-22-26-31-36-41-46-51-58(2)3/h58-60H,6-57H2,1-5H3/t60-/m0/s1. The smallest absolute Gasteiger partial charge is 0.306 e. The van der Waals surface area contributed by atoms with E-state index in [1.54, 1.807) is 0 Å². The third kappa shape index (κ3) is 57.2. The molecule has 0 amide bonds. The van der Waals surface area contributed by atoms with Crippen molar-refractivity contribution in [3.63, 3.8) is 0 Å². The average molecular weight is 976 g/mol. The number of carbonyl (C=O) groups excluding carboxylic acids is 3. The fourth-order valence-corrected chi connectivity index (χ4v) is 9.76. The van der Waals surface area contributed by atoms with Crippen LogP contribution in [0.4, 0.5) is 0 Å². The van der Waals surface area contributed by atoms with Crippen LogP contribution in [0.25, 0.3) is 0 Å². The third-order valence-electron chi connectivity index (χ3n) is 14.5. The monoisotopic (exact) mass is 975 g/mol. The van der Waals surface area contributed by atoms with Gasteiger partial charge in [-0.25, -0.2) is 0 Å². The van der Waals surface area contributed by atoms with Crippen molar-refractivity contribution in [2.75, 3.05) is 13.2 Å². The quantitative estimate of drug-likeness (QED) is 0.0343. The van der Waals surface area contributed by atoms with Crippen molar-refractivity contribution in [3.05, 3.63) is 0 Å². The van der Waals surface area contributed by atoms with Crippen LogP contribution in [0.1, 0.15) is 356 Å². The lowest BCUT2D eigenvalue weighted by Crippen LogP contribution is -2.30. The minimum atomic E-state index is -0.763. The highest BCUT2D eigenvalue weighted by molar-refractivity contribution is 5.71. The Balaban J connectivity index is 4.25. The van der Waals surface area contributed by atoms with E-state index in [2.05, 4.69) is 34.6 Å². The van der Waals surface area contributed by atoms with Crippen LogP contribution in [0.15, 0.2) is 0 Å². The molecule has 0 fully saturated rings. The second-order valence-corrected chi connectivity index (χ2v) is 22.6. The lowest BCUT2D eigenvalue weighted by Gasteiger charge is -2.18. The van der Waals surface area contributed by atoms with Crippen LogP contribution >= 0.6 is 0 Å². The molecule has 0 rings (SSSR count). The molecule has 6 heteroatoms. The van der Waals surface area contributed by atoms with Crippen LogP contribution in [0, 0.1) is 11.8 Å². The Morgan fingerprint density at radius 1 is 0.275 bits per heavy atom. The molecule has 0 spiro atoms. The first-order valence-corrected chi connectivity index (χ1v) is 31.2. The molecule has 0 aromatic heterocycles. The first-order valence-electron chi connectivity index (χ1n) is 31.2. The summed E-state index contributed by atoms with van der Waals surface area (Å²) in [5.74, 6) is 0.850. The highest BCUT2D eigenvalue weighted by atomic mass is 16.6. The van der Waals surface area contributed by atoms with E-state index in [4.69, 9.17) is 14.2 Å². The third-order valence-corrected chi connectivity index (χ3v) is 14.5.